The summed E-state index contributed by atoms with van der Waals surface area (Å²) in [7, 11) is 0. The second-order valence-electron chi connectivity index (χ2n) is 3.73. The van der Waals surface area contributed by atoms with Gasteiger partial charge in [0.15, 0.2) is 5.78 Å². The summed E-state index contributed by atoms with van der Waals surface area (Å²) < 4.78 is 77.0. The molecule has 0 aliphatic rings. The van der Waals surface area contributed by atoms with Crippen LogP contribution in [0.3, 0.4) is 0 Å². The van der Waals surface area contributed by atoms with Gasteiger partial charge in [-0.05, 0) is 29.5 Å². The molecule has 0 fully saturated rings. The Bertz CT molecular complexity index is 514. The fourth-order valence-corrected chi connectivity index (χ4v) is 2.03. The lowest BCUT2D eigenvalue weighted by atomic mass is 10.1. The first-order valence-corrected chi connectivity index (χ1v) is 6.57. The number of carbonyl (C=O) groups is 1. The normalized spacial score (nSPS) is 12.3. The van der Waals surface area contributed by atoms with Gasteiger partial charge in [0.2, 0.25) is 0 Å². The maximum Gasteiger partial charge on any atom is 0.573 e. The van der Waals surface area contributed by atoms with Crippen molar-refractivity contribution in [1.82, 2.24) is 0 Å². The number of ether oxygens (including phenoxy) is 1. The van der Waals surface area contributed by atoms with Crippen molar-refractivity contribution in [2.75, 3.05) is 5.88 Å². The minimum absolute atomic E-state index is 0.0754. The van der Waals surface area contributed by atoms with E-state index in [0.717, 1.165) is 18.2 Å². The highest BCUT2D eigenvalue weighted by atomic mass is 35.5. The third-order valence-electron chi connectivity index (χ3n) is 2.01. The number of alkyl halides is 7. The van der Waals surface area contributed by atoms with Crippen molar-refractivity contribution in [2.45, 2.75) is 23.2 Å². The minimum atomic E-state index is -5.14. The zero-order valence-electron chi connectivity index (χ0n) is 10.0. The molecule has 0 amide bonds. The Labute approximate surface area is 124 Å². The van der Waals surface area contributed by atoms with Crippen molar-refractivity contribution < 1.29 is 35.9 Å². The molecule has 2 nitrogen and oxygen atoms in total. The number of carbonyl (C=O) groups excluding carboxylic acids is 1. The molecule has 10 heteroatoms. The summed E-state index contributed by atoms with van der Waals surface area (Å²) in [6, 6.07) is 2.67. The van der Waals surface area contributed by atoms with E-state index < -0.39 is 40.1 Å². The van der Waals surface area contributed by atoms with Crippen LogP contribution in [0.1, 0.15) is 5.56 Å². The number of thioether (sulfide) groups is 1. The highest BCUT2D eigenvalue weighted by molar-refractivity contribution is 8.00. The van der Waals surface area contributed by atoms with Gasteiger partial charge in [-0.2, -0.15) is 13.2 Å². The van der Waals surface area contributed by atoms with Gasteiger partial charge in [-0.1, -0.05) is 6.07 Å². The van der Waals surface area contributed by atoms with E-state index in [1.165, 1.54) is 0 Å². The molecule has 0 unspecified atom stereocenters. The van der Waals surface area contributed by atoms with Gasteiger partial charge in [-0.15, -0.1) is 24.8 Å². The van der Waals surface area contributed by atoms with Gasteiger partial charge < -0.3 is 4.74 Å². The highest BCUT2D eigenvalue weighted by Crippen LogP contribution is 2.43. The SMILES string of the molecule is O=C(CCl)Cc1ccc(SC(F)(F)F)c(OC(F)(F)F)c1. The minimum Gasteiger partial charge on any atom is -0.405 e. The van der Waals surface area contributed by atoms with Crippen molar-refractivity contribution in [3.05, 3.63) is 23.8 Å². The van der Waals surface area contributed by atoms with E-state index in [1.807, 2.05) is 0 Å². The van der Waals surface area contributed by atoms with Crippen molar-refractivity contribution in [3.8, 4) is 5.75 Å². The van der Waals surface area contributed by atoms with Gasteiger partial charge in [0.25, 0.3) is 0 Å². The first-order chi connectivity index (χ1) is 9.50. The number of ketones is 1. The molecule has 0 aromatic heterocycles. The fraction of sp³-hybridized carbons (Fsp3) is 0.364. The van der Waals surface area contributed by atoms with Gasteiger partial charge >= 0.3 is 11.9 Å². The predicted octanol–water partition coefficient (Wildman–Crippen LogP) is 4.55. The first kappa shape index (κ1) is 18.0. The van der Waals surface area contributed by atoms with Crippen LogP contribution in [0.15, 0.2) is 23.1 Å². The van der Waals surface area contributed by atoms with Gasteiger partial charge in [0.05, 0.1) is 10.8 Å². The molecule has 0 heterocycles. The van der Waals surface area contributed by atoms with Crippen LogP contribution in [-0.4, -0.2) is 23.5 Å². The molecule has 0 bridgehead atoms. The monoisotopic (exact) mass is 352 g/mol. The van der Waals surface area contributed by atoms with Crippen LogP contribution in [0.2, 0.25) is 0 Å². The second-order valence-corrected chi connectivity index (χ2v) is 5.10. The highest BCUT2D eigenvalue weighted by Gasteiger charge is 2.35. The Hall–Kier alpha value is -1.09. The molecule has 0 saturated carbocycles. The van der Waals surface area contributed by atoms with E-state index in [1.54, 1.807) is 0 Å². The summed E-state index contributed by atoms with van der Waals surface area (Å²) in [5, 5.41) is 0. The smallest absolute Gasteiger partial charge is 0.405 e. The summed E-state index contributed by atoms with van der Waals surface area (Å²) in [6.45, 7) is 0. The lowest BCUT2D eigenvalue weighted by molar-refractivity contribution is -0.275. The molecule has 1 aromatic rings. The average Bonchev–Trinajstić information content (AvgIpc) is 2.28. The molecule has 0 N–H and O–H groups in total. The summed E-state index contributed by atoms with van der Waals surface area (Å²) in [5.74, 6) is -1.84. The van der Waals surface area contributed by atoms with Crippen LogP contribution in [0.5, 0.6) is 5.75 Å². The Balaban J connectivity index is 3.10. The summed E-state index contributed by atoms with van der Waals surface area (Å²) in [4.78, 5) is 10.4. The standard InChI is InChI=1S/C11H7ClF6O2S/c12-5-7(19)3-6-1-2-9(21-11(16,17)18)8(4-6)20-10(13,14)15/h1-2,4H,3,5H2. The molecule has 21 heavy (non-hydrogen) atoms. The maximum absolute atomic E-state index is 12.3. The molecule has 0 radical (unpaired) electrons. The van der Waals surface area contributed by atoms with Gasteiger partial charge in [0.1, 0.15) is 5.75 Å². The Kier molecular flexibility index (Phi) is 5.80. The molecule has 0 aliphatic heterocycles. The maximum atomic E-state index is 12.3. The summed E-state index contributed by atoms with van der Waals surface area (Å²) >= 11 is 4.52. The van der Waals surface area contributed by atoms with Crippen molar-refractivity contribution in [3.63, 3.8) is 0 Å². The number of halogens is 7. The molecule has 118 valence electrons. The van der Waals surface area contributed by atoms with E-state index >= 15 is 0 Å². The Morgan fingerprint density at radius 2 is 1.81 bits per heavy atom. The van der Waals surface area contributed by atoms with Crippen LogP contribution >= 0.6 is 23.4 Å². The molecule has 0 saturated heterocycles. The predicted molar refractivity (Wildman–Crippen MR) is 64.5 cm³/mol. The number of benzene rings is 1. The molecule has 0 aliphatic carbocycles. The molecule has 1 rings (SSSR count). The Morgan fingerprint density at radius 3 is 2.29 bits per heavy atom. The number of rotatable bonds is 5. The van der Waals surface area contributed by atoms with E-state index in [2.05, 4.69) is 4.74 Å². The van der Waals surface area contributed by atoms with Crippen LogP contribution in [-0.2, 0) is 11.2 Å². The topological polar surface area (TPSA) is 26.3 Å². The van der Waals surface area contributed by atoms with Gasteiger partial charge in [0, 0.05) is 6.42 Å². The van der Waals surface area contributed by atoms with E-state index in [0.29, 0.717) is 0 Å². The quantitative estimate of drug-likeness (QED) is 0.442. The zero-order valence-corrected chi connectivity index (χ0v) is 11.6. The summed E-state index contributed by atoms with van der Waals surface area (Å²) in [5.41, 5.74) is -4.69. The fourth-order valence-electron chi connectivity index (χ4n) is 1.35. The zero-order chi connectivity index (χ0) is 16.3. The third kappa shape index (κ3) is 6.94. The van der Waals surface area contributed by atoms with Crippen molar-refractivity contribution in [1.29, 1.82) is 0 Å². The molecule has 0 atom stereocenters. The number of hydrogen-bond acceptors (Lipinski definition) is 3. The average molecular weight is 353 g/mol. The third-order valence-corrected chi connectivity index (χ3v) is 3.10. The van der Waals surface area contributed by atoms with Crippen LogP contribution in [0, 0.1) is 0 Å². The van der Waals surface area contributed by atoms with E-state index in [9.17, 15) is 31.1 Å². The lowest BCUT2D eigenvalue weighted by Gasteiger charge is -2.15. The van der Waals surface area contributed by atoms with Crippen LogP contribution in [0.25, 0.3) is 0 Å². The lowest BCUT2D eigenvalue weighted by Crippen LogP contribution is -2.18. The first-order valence-electron chi connectivity index (χ1n) is 5.22. The summed E-state index contributed by atoms with van der Waals surface area (Å²) in [6.07, 6.45) is -5.44. The second kappa shape index (κ2) is 6.78. The van der Waals surface area contributed by atoms with Crippen LogP contribution in [0.4, 0.5) is 26.3 Å². The molecule has 1 aromatic carbocycles. The molecule has 0 spiro atoms. The molecular weight excluding hydrogens is 346 g/mol. The molecular formula is C11H7ClF6O2S. The largest absolute Gasteiger partial charge is 0.573 e. The van der Waals surface area contributed by atoms with Crippen molar-refractivity contribution in [2.24, 2.45) is 0 Å². The number of Topliss-reactive ketones (excluding diaryl/α,β-unsaturated/α-hetero) is 1. The number of hydrogen-bond donors (Lipinski definition) is 0. The van der Waals surface area contributed by atoms with E-state index in [4.69, 9.17) is 11.6 Å². The Morgan fingerprint density at radius 1 is 1.19 bits per heavy atom. The van der Waals surface area contributed by atoms with Crippen LogP contribution < -0.4 is 4.74 Å². The van der Waals surface area contributed by atoms with E-state index in [-0.39, 0.29) is 17.9 Å². The van der Waals surface area contributed by atoms with Gasteiger partial charge in [-0.3, -0.25) is 4.79 Å². The van der Waals surface area contributed by atoms with Crippen molar-refractivity contribution >= 4 is 29.1 Å². The van der Waals surface area contributed by atoms with Gasteiger partial charge in [-0.25, -0.2) is 0 Å².